The molecule has 0 bridgehead atoms. The number of esters is 1. The number of Topliss-reactive ketones (excluding diaryl/α,β-unsaturated/α-hetero) is 1. The highest BCUT2D eigenvalue weighted by Gasteiger charge is 2.40. The van der Waals surface area contributed by atoms with Crippen LogP contribution in [0.1, 0.15) is 93.4 Å². The molecule has 6 heteroatoms. The third kappa shape index (κ3) is 12.7. The summed E-state index contributed by atoms with van der Waals surface area (Å²) in [5.74, 6) is -0.634. The van der Waals surface area contributed by atoms with Gasteiger partial charge >= 0.3 is 5.97 Å². The molecule has 0 fully saturated rings. The lowest BCUT2D eigenvalue weighted by Gasteiger charge is -2.40. The number of rotatable bonds is 16. The smallest absolute Gasteiger partial charge is 0.302 e. The van der Waals surface area contributed by atoms with Gasteiger partial charge in [0.05, 0.1) is 12.2 Å². The van der Waals surface area contributed by atoms with E-state index in [1.807, 2.05) is 26.0 Å². The summed E-state index contributed by atoms with van der Waals surface area (Å²) < 4.78 is 12.2. The molecule has 33 heavy (non-hydrogen) atoms. The van der Waals surface area contributed by atoms with Crippen LogP contribution < -0.4 is 0 Å². The predicted octanol–water partition coefficient (Wildman–Crippen LogP) is 6.76. The van der Waals surface area contributed by atoms with Crippen molar-refractivity contribution in [2.24, 2.45) is 5.92 Å². The van der Waals surface area contributed by atoms with Gasteiger partial charge in [-0.2, -0.15) is 0 Å². The van der Waals surface area contributed by atoms with Crippen molar-refractivity contribution in [3.05, 3.63) is 24.3 Å². The Balaban J connectivity index is 5.66. The van der Waals surface area contributed by atoms with Gasteiger partial charge in [-0.15, -0.1) is 6.58 Å². The van der Waals surface area contributed by atoms with Gasteiger partial charge < -0.3 is 14.3 Å². The van der Waals surface area contributed by atoms with E-state index < -0.39 is 14.4 Å². The summed E-state index contributed by atoms with van der Waals surface area (Å²) in [4.78, 5) is 24.6. The van der Waals surface area contributed by atoms with Crippen molar-refractivity contribution in [3.63, 3.8) is 0 Å². The Morgan fingerprint density at radius 2 is 1.73 bits per heavy atom. The summed E-state index contributed by atoms with van der Waals surface area (Å²) >= 11 is 0. The number of aliphatic hydroxyl groups is 1. The van der Waals surface area contributed by atoms with Crippen molar-refractivity contribution in [2.45, 2.75) is 130 Å². The molecule has 0 aromatic heterocycles. The zero-order valence-corrected chi connectivity index (χ0v) is 23.7. The molecule has 4 atom stereocenters. The van der Waals surface area contributed by atoms with Crippen LogP contribution in [0.2, 0.25) is 18.1 Å². The molecule has 0 aromatic carbocycles. The Morgan fingerprint density at radius 1 is 1.12 bits per heavy atom. The molecule has 0 saturated heterocycles. The minimum absolute atomic E-state index is 0.00243. The zero-order valence-electron chi connectivity index (χ0n) is 22.7. The summed E-state index contributed by atoms with van der Waals surface area (Å²) in [6.45, 7) is 22.0. The molecule has 0 rings (SSSR count). The first-order chi connectivity index (χ1) is 15.1. The molecule has 0 amide bonds. The molecule has 192 valence electrons. The number of aliphatic hydroxyl groups excluding tert-OH is 1. The van der Waals surface area contributed by atoms with E-state index in [-0.39, 0.29) is 41.3 Å². The monoisotopic (exact) mass is 482 g/mol. The molecule has 0 aromatic rings. The lowest BCUT2D eigenvalue weighted by atomic mass is 9.92. The van der Waals surface area contributed by atoms with Gasteiger partial charge in [0.25, 0.3) is 0 Å². The quantitative estimate of drug-likeness (QED) is 0.114. The SMILES string of the molecule is C=CCCC[C@@H](O)CC(=O)[C@H](C)[C@@H](/C=C(\C)C[C@@H](CCC)OC(C)=O)O[Si](C)(C)C(C)(C)C. The number of allylic oxidation sites excluding steroid dienone is 1. The minimum atomic E-state index is -2.15. The summed E-state index contributed by atoms with van der Waals surface area (Å²) in [6, 6.07) is 0. The standard InChI is InChI=1S/C27H50O5Si/c1-11-13-14-16-23(29)19-25(30)21(4)26(32-33(9,10)27(6,7)8)18-20(3)17-24(15-12-2)31-22(5)28/h11,18,21,23-24,26,29H,1,12-17,19H2,2-10H3/b20-18+/t21-,23+,24+,26+/m0/s1. The van der Waals surface area contributed by atoms with E-state index in [1.165, 1.54) is 6.92 Å². The molecule has 0 radical (unpaired) electrons. The largest absolute Gasteiger partial charge is 0.462 e. The van der Waals surface area contributed by atoms with Crippen LogP contribution in [0.15, 0.2) is 24.3 Å². The second-order valence-electron chi connectivity index (χ2n) is 10.9. The molecule has 1 N–H and O–H groups in total. The number of carbonyl (C=O) groups is 2. The third-order valence-corrected chi connectivity index (χ3v) is 11.0. The summed E-state index contributed by atoms with van der Waals surface area (Å²) in [6.07, 6.45) is 7.40. The topological polar surface area (TPSA) is 72.8 Å². The van der Waals surface area contributed by atoms with E-state index in [9.17, 15) is 14.7 Å². The maximum Gasteiger partial charge on any atom is 0.302 e. The summed E-state index contributed by atoms with van der Waals surface area (Å²) in [5.41, 5.74) is 1.05. The average molecular weight is 483 g/mol. The number of ketones is 1. The van der Waals surface area contributed by atoms with Gasteiger partial charge in [0, 0.05) is 25.7 Å². The zero-order chi connectivity index (χ0) is 25.8. The first kappa shape index (κ1) is 31.8. The van der Waals surface area contributed by atoms with E-state index >= 15 is 0 Å². The molecule has 0 aliphatic heterocycles. The highest BCUT2D eigenvalue weighted by molar-refractivity contribution is 6.74. The number of ether oxygens (including phenoxy) is 1. The number of carbonyl (C=O) groups excluding carboxylic acids is 2. The van der Waals surface area contributed by atoms with Crippen LogP contribution in [-0.4, -0.2) is 43.5 Å². The van der Waals surface area contributed by atoms with Gasteiger partial charge in [-0.1, -0.05) is 58.8 Å². The molecule has 0 heterocycles. The Morgan fingerprint density at radius 3 is 2.21 bits per heavy atom. The van der Waals surface area contributed by atoms with Crippen molar-refractivity contribution in [1.82, 2.24) is 0 Å². The van der Waals surface area contributed by atoms with Gasteiger partial charge in [0.15, 0.2) is 8.32 Å². The van der Waals surface area contributed by atoms with Crippen molar-refractivity contribution in [1.29, 1.82) is 0 Å². The second kappa shape index (κ2) is 14.9. The Bertz CT molecular complexity index is 647. The number of hydrogen-bond acceptors (Lipinski definition) is 5. The van der Waals surface area contributed by atoms with Gasteiger partial charge in [0.1, 0.15) is 11.9 Å². The lowest BCUT2D eigenvalue weighted by molar-refractivity contribution is -0.146. The van der Waals surface area contributed by atoms with Crippen molar-refractivity contribution in [3.8, 4) is 0 Å². The van der Waals surface area contributed by atoms with Crippen LogP contribution in [0.3, 0.4) is 0 Å². The van der Waals surface area contributed by atoms with E-state index in [2.05, 4.69) is 47.4 Å². The van der Waals surface area contributed by atoms with E-state index in [1.54, 1.807) is 0 Å². The average Bonchev–Trinajstić information content (AvgIpc) is 2.65. The fraction of sp³-hybridized carbons (Fsp3) is 0.778. The highest BCUT2D eigenvalue weighted by atomic mass is 28.4. The van der Waals surface area contributed by atoms with Crippen LogP contribution in [0.25, 0.3) is 0 Å². The Labute approximate surface area is 204 Å². The van der Waals surface area contributed by atoms with E-state index in [0.29, 0.717) is 12.8 Å². The first-order valence-electron chi connectivity index (χ1n) is 12.5. The van der Waals surface area contributed by atoms with Crippen molar-refractivity contribution in [2.75, 3.05) is 0 Å². The number of unbranched alkanes of at least 4 members (excludes halogenated alkanes) is 1. The number of hydrogen-bond donors (Lipinski definition) is 1. The van der Waals surface area contributed by atoms with Crippen molar-refractivity contribution < 1.29 is 23.9 Å². The minimum Gasteiger partial charge on any atom is -0.462 e. The van der Waals surface area contributed by atoms with Crippen LogP contribution in [0.4, 0.5) is 0 Å². The fourth-order valence-electron chi connectivity index (χ4n) is 3.47. The van der Waals surface area contributed by atoms with Crippen LogP contribution in [0, 0.1) is 5.92 Å². The molecule has 0 aliphatic rings. The molecule has 0 saturated carbocycles. The maximum absolute atomic E-state index is 13.1. The van der Waals surface area contributed by atoms with E-state index in [4.69, 9.17) is 9.16 Å². The maximum atomic E-state index is 13.1. The highest BCUT2D eigenvalue weighted by Crippen LogP contribution is 2.38. The van der Waals surface area contributed by atoms with Gasteiger partial charge in [-0.05, 0) is 50.7 Å². The predicted molar refractivity (Wildman–Crippen MR) is 140 cm³/mol. The molecule has 0 unspecified atom stereocenters. The molecule has 5 nitrogen and oxygen atoms in total. The third-order valence-electron chi connectivity index (χ3n) is 6.56. The van der Waals surface area contributed by atoms with Crippen LogP contribution in [0.5, 0.6) is 0 Å². The van der Waals surface area contributed by atoms with Crippen molar-refractivity contribution >= 4 is 20.1 Å². The second-order valence-corrected chi connectivity index (χ2v) is 15.7. The van der Waals surface area contributed by atoms with Gasteiger partial charge in [0.2, 0.25) is 0 Å². The Hall–Kier alpha value is -1.24. The fourth-order valence-corrected chi connectivity index (χ4v) is 4.77. The molecular formula is C27H50O5Si. The summed E-state index contributed by atoms with van der Waals surface area (Å²) in [7, 11) is -2.15. The summed E-state index contributed by atoms with van der Waals surface area (Å²) in [5, 5.41) is 10.3. The Kier molecular flexibility index (Phi) is 14.3. The molecule has 0 aliphatic carbocycles. The lowest BCUT2D eigenvalue weighted by Crippen LogP contribution is -2.46. The van der Waals surface area contributed by atoms with Crippen LogP contribution in [-0.2, 0) is 18.8 Å². The van der Waals surface area contributed by atoms with Crippen LogP contribution >= 0.6 is 0 Å². The van der Waals surface area contributed by atoms with Gasteiger partial charge in [-0.3, -0.25) is 9.59 Å². The molecular weight excluding hydrogens is 432 g/mol. The molecule has 0 spiro atoms. The normalized spacial score (nSPS) is 16.6. The first-order valence-corrected chi connectivity index (χ1v) is 15.4. The van der Waals surface area contributed by atoms with E-state index in [0.717, 1.165) is 31.3 Å². The van der Waals surface area contributed by atoms with Gasteiger partial charge in [-0.25, -0.2) is 0 Å².